The number of rotatable bonds is 25. The lowest BCUT2D eigenvalue weighted by Crippen LogP contribution is -2.56. The van der Waals surface area contributed by atoms with Crippen molar-refractivity contribution in [2.24, 2.45) is 11.8 Å². The molecule has 2 aliphatic rings. The Kier molecular flexibility index (Phi) is 31.8. The van der Waals surface area contributed by atoms with Crippen molar-refractivity contribution < 1.29 is 86.8 Å². The monoisotopic (exact) mass is 1020 g/mol. The van der Waals surface area contributed by atoms with Gasteiger partial charge in [0.1, 0.15) is 31.0 Å². The highest BCUT2D eigenvalue weighted by Crippen LogP contribution is 2.49. The fourth-order valence-electron chi connectivity index (χ4n) is 7.52. The van der Waals surface area contributed by atoms with Gasteiger partial charge in [-0.1, -0.05) is 126 Å². The highest BCUT2D eigenvalue weighted by molar-refractivity contribution is 7.47. The van der Waals surface area contributed by atoms with Gasteiger partial charge in [-0.2, -0.15) is 0 Å². The van der Waals surface area contributed by atoms with Crippen molar-refractivity contribution in [3.05, 3.63) is 72.9 Å². The molecule has 2 bridgehead atoms. The van der Waals surface area contributed by atoms with Gasteiger partial charge in [-0.25, -0.2) is 9.13 Å². The molecule has 2 rings (SSSR count). The molecule has 1 heterocycles. The topological polar surface area (TPSA) is 293 Å². The van der Waals surface area contributed by atoms with Crippen molar-refractivity contribution in [2.45, 2.75) is 191 Å². The van der Waals surface area contributed by atoms with Gasteiger partial charge in [0, 0.05) is 18.8 Å². The van der Waals surface area contributed by atoms with E-state index in [2.05, 4.69) is 43.4 Å². The van der Waals surface area contributed by atoms with Crippen LogP contribution in [-0.2, 0) is 46.6 Å². The molecule has 0 aromatic carbocycles. The maximum atomic E-state index is 13.8. The molecule has 0 aromatic heterocycles. The predicted molar refractivity (Wildman–Crippen MR) is 259 cm³/mol. The van der Waals surface area contributed by atoms with Gasteiger partial charge in [-0.15, -0.1) is 0 Å². The molecule has 0 aromatic rings. The van der Waals surface area contributed by atoms with Crippen molar-refractivity contribution in [2.75, 3.05) is 13.2 Å². The van der Waals surface area contributed by atoms with E-state index >= 15 is 0 Å². The molecule has 0 radical (unpaired) electrons. The van der Waals surface area contributed by atoms with Gasteiger partial charge in [-0.05, 0) is 76.7 Å². The number of hydrogen-bond donors (Lipinski definition) is 8. The van der Waals surface area contributed by atoms with Crippen LogP contribution in [0.1, 0.15) is 142 Å². The van der Waals surface area contributed by atoms with E-state index in [9.17, 15) is 63.7 Å². The summed E-state index contributed by atoms with van der Waals surface area (Å²) in [4.78, 5) is 70.3. The molecule has 18 nitrogen and oxygen atoms in total. The van der Waals surface area contributed by atoms with Gasteiger partial charge in [-0.3, -0.25) is 28.0 Å². The lowest BCUT2D eigenvalue weighted by atomic mass is 9.87. The third-order valence-corrected chi connectivity index (χ3v) is 13.0. The second kappa shape index (κ2) is 35.2. The Hall–Kier alpha value is -2.93. The predicted octanol–water partition coefficient (Wildman–Crippen LogP) is 7.23. The number of aliphatic hydroxyl groups excluding tert-OH is 5. The van der Waals surface area contributed by atoms with Gasteiger partial charge >= 0.3 is 27.6 Å². The number of phosphoric acid groups is 2. The number of carbonyl (C=O) groups is 3. The molecule has 69 heavy (non-hydrogen) atoms. The number of aliphatic hydroxyl groups is 5. The number of esters is 2. The van der Waals surface area contributed by atoms with Crippen LogP contribution in [0.4, 0.5) is 0 Å². The molecule has 0 spiro atoms. The van der Waals surface area contributed by atoms with Crippen LogP contribution in [-0.4, -0.2) is 120 Å². The van der Waals surface area contributed by atoms with Gasteiger partial charge in [0.15, 0.2) is 11.9 Å². The first-order valence-electron chi connectivity index (χ1n) is 24.5. The maximum Gasteiger partial charge on any atom is 0.472 e. The quantitative estimate of drug-likeness (QED) is 0.0194. The number of fused-ring (bicyclic) bond motifs is 4. The minimum Gasteiger partial charge on any atom is -0.462 e. The smallest absolute Gasteiger partial charge is 0.462 e. The second-order valence-electron chi connectivity index (χ2n) is 17.5. The van der Waals surface area contributed by atoms with Crippen molar-refractivity contribution in [1.29, 1.82) is 0 Å². The molecule has 8 N–H and O–H groups in total. The third kappa shape index (κ3) is 27.5. The van der Waals surface area contributed by atoms with E-state index in [0.717, 1.165) is 69.9 Å². The van der Waals surface area contributed by atoms with E-state index in [1.165, 1.54) is 31.4 Å². The fraction of sp³-hybridized carbons (Fsp3) is 0.694. The Bertz CT molecular complexity index is 1760. The molecule has 0 amide bonds. The number of ketones is 1. The molecule has 1 unspecified atom stereocenters. The van der Waals surface area contributed by atoms with Crippen LogP contribution in [0.5, 0.6) is 0 Å². The standard InChI is InChI=1S/C49H80O18P2/c1-3-5-7-8-9-10-11-12-13-14-15-16-17-18-19-20-25-29-42(52)63-35-39-36-64-69(61,62)67-49-47(57)46(56)44(54)37(27-24-21-22-26-30-43(53)65-39)31-34-41(51)40(33-32-38(50)28-23-6-4-2)45(55)48(49)66-68(58,59)60/h9-10,12-13,15-16,21,24,31-34,37-40,44-50,54-57H,3-8,11,14,17-20,22-23,25-30,35-36H2,1-2H3,(H,61,62)(H2,58,59,60)/b10-9-,13-12-,16-15-,24-21-,33-32+,34-31-/t37-,38-,39+,40-,44+,45+,46-,47+,48+,49-/m0/s1. The SMILES string of the molecule is CCCCC/C=C\C/C=C\C/C=C\CCCCCCC(=O)OC[C@@H]1COP(=O)(O)O[C@H]2[C@H](O)[C@@H](O)[C@H](O)[C@H](/C=C\C(=O)[C@H](/C=C/[C@@H](O)CCCCC)[C@@H](O)[C@H]2OP(=O)(O)O)C/C=C\CCCC(=O)O1. The molecule has 20 heteroatoms. The Morgan fingerprint density at radius 3 is 2.16 bits per heavy atom. The zero-order chi connectivity index (χ0) is 51.1. The Morgan fingerprint density at radius 1 is 0.855 bits per heavy atom. The highest BCUT2D eigenvalue weighted by Gasteiger charge is 2.50. The van der Waals surface area contributed by atoms with Crippen molar-refractivity contribution in [1.82, 2.24) is 0 Å². The Balaban J connectivity index is 2.24. The normalized spacial score (nSPS) is 29.9. The molecule has 394 valence electrons. The first-order chi connectivity index (χ1) is 32.9. The first kappa shape index (κ1) is 62.2. The zero-order valence-corrected chi connectivity index (χ0v) is 42.1. The minimum absolute atomic E-state index is 0.0348. The number of unbranched alkanes of at least 4 members (excludes halogenated alkanes) is 9. The van der Waals surface area contributed by atoms with Crippen LogP contribution in [0.25, 0.3) is 0 Å². The Labute approximate surface area is 408 Å². The number of cyclic esters (lactones) is 1. The summed E-state index contributed by atoms with van der Waals surface area (Å²) in [6.07, 6.45) is 16.8. The van der Waals surface area contributed by atoms with Crippen molar-refractivity contribution >= 4 is 33.4 Å². The molecule has 0 saturated carbocycles. The van der Waals surface area contributed by atoms with Gasteiger partial charge in [0.25, 0.3) is 0 Å². The zero-order valence-electron chi connectivity index (χ0n) is 40.3. The second-order valence-corrected chi connectivity index (χ2v) is 20.1. The third-order valence-electron chi connectivity index (χ3n) is 11.5. The van der Waals surface area contributed by atoms with Crippen molar-refractivity contribution in [3.63, 3.8) is 0 Å². The largest absolute Gasteiger partial charge is 0.472 e. The van der Waals surface area contributed by atoms with Crippen molar-refractivity contribution in [3.8, 4) is 0 Å². The van der Waals surface area contributed by atoms with Crippen LogP contribution in [0.2, 0.25) is 0 Å². The van der Waals surface area contributed by atoms with Crippen LogP contribution in [0, 0.1) is 11.8 Å². The number of hydrogen-bond acceptors (Lipinski definition) is 15. The summed E-state index contributed by atoms with van der Waals surface area (Å²) in [6, 6.07) is 0. The van der Waals surface area contributed by atoms with E-state index in [1.807, 2.05) is 6.92 Å². The number of carbonyl (C=O) groups excluding carboxylic acids is 3. The lowest BCUT2D eigenvalue weighted by molar-refractivity contribution is -0.163. The highest BCUT2D eigenvalue weighted by atomic mass is 31.2. The van der Waals surface area contributed by atoms with E-state index < -0.39 is 107 Å². The molecule has 1 aliphatic carbocycles. The molecule has 0 saturated heterocycles. The molecule has 1 aliphatic heterocycles. The van der Waals surface area contributed by atoms with Crippen LogP contribution in [0.15, 0.2) is 72.9 Å². The van der Waals surface area contributed by atoms with Gasteiger partial charge in [0.2, 0.25) is 0 Å². The van der Waals surface area contributed by atoms with E-state index in [4.69, 9.17) is 23.0 Å². The van der Waals surface area contributed by atoms with E-state index in [0.29, 0.717) is 19.3 Å². The fourth-order valence-corrected chi connectivity index (χ4v) is 9.05. The maximum absolute atomic E-state index is 13.8. The van der Waals surface area contributed by atoms with Crippen LogP contribution >= 0.6 is 15.6 Å². The average molecular weight is 1020 g/mol. The molecular weight excluding hydrogens is 938 g/mol. The molecule has 11 atom stereocenters. The lowest BCUT2D eigenvalue weighted by Gasteiger charge is -2.38. The number of phosphoric ester groups is 2. The summed E-state index contributed by atoms with van der Waals surface area (Å²) in [5.41, 5.74) is 0. The van der Waals surface area contributed by atoms with E-state index in [1.54, 1.807) is 12.2 Å². The summed E-state index contributed by atoms with van der Waals surface area (Å²) >= 11 is 0. The summed E-state index contributed by atoms with van der Waals surface area (Å²) in [5.74, 6) is -5.32. The van der Waals surface area contributed by atoms with Crippen LogP contribution < -0.4 is 0 Å². The van der Waals surface area contributed by atoms with Gasteiger partial charge in [0.05, 0.1) is 30.8 Å². The van der Waals surface area contributed by atoms with Gasteiger partial charge < -0.3 is 49.7 Å². The minimum atomic E-state index is -5.76. The Morgan fingerprint density at radius 2 is 1.49 bits per heavy atom. The summed E-state index contributed by atoms with van der Waals surface area (Å²) in [5, 5.41) is 56.4. The summed E-state index contributed by atoms with van der Waals surface area (Å²) < 4.78 is 52.0. The molecule has 0 fully saturated rings. The molecular formula is C49H80O18P2. The summed E-state index contributed by atoms with van der Waals surface area (Å²) in [6.45, 7) is 2.55. The summed E-state index contributed by atoms with van der Waals surface area (Å²) in [7, 11) is -11.4. The number of allylic oxidation sites excluding steroid dienone is 9. The number of ether oxygens (including phenoxy) is 2. The van der Waals surface area contributed by atoms with Crippen LogP contribution in [0.3, 0.4) is 0 Å². The average Bonchev–Trinajstić information content (AvgIpc) is 3.30. The van der Waals surface area contributed by atoms with E-state index in [-0.39, 0.29) is 32.1 Å². The first-order valence-corrected chi connectivity index (χ1v) is 27.6.